The summed E-state index contributed by atoms with van der Waals surface area (Å²) in [7, 11) is 0. The molecule has 2 fully saturated rings. The molecule has 2 aliphatic carbocycles. The van der Waals surface area contributed by atoms with Crippen LogP contribution >= 0.6 is 22.6 Å². The van der Waals surface area contributed by atoms with Gasteiger partial charge in [-0.25, -0.2) is 4.90 Å². The largest absolute Gasteiger partial charge is 0.274 e. The fourth-order valence-corrected chi connectivity index (χ4v) is 5.51. The Bertz CT molecular complexity index is 990. The summed E-state index contributed by atoms with van der Waals surface area (Å²) in [6.07, 6.45) is 4.27. The summed E-state index contributed by atoms with van der Waals surface area (Å²) >= 11 is 2.21. The Balaban J connectivity index is 1.56. The van der Waals surface area contributed by atoms with Gasteiger partial charge in [0.2, 0.25) is 11.8 Å². The fourth-order valence-electron chi connectivity index (χ4n) is 4.99. The smallest absolute Gasteiger partial charge is 0.238 e. The summed E-state index contributed by atoms with van der Waals surface area (Å²) in [5, 5.41) is 0. The number of nitrogens with zero attached hydrogens (tertiary/aromatic N) is 1. The third-order valence-corrected chi connectivity index (χ3v) is 6.79. The average Bonchev–Trinajstić information content (AvgIpc) is 3.31. The van der Waals surface area contributed by atoms with Crippen molar-refractivity contribution in [3.05, 3.63) is 81.5 Å². The molecule has 2 aromatic rings. The van der Waals surface area contributed by atoms with Crippen LogP contribution in [0.2, 0.25) is 0 Å². The number of anilines is 1. The zero-order chi connectivity index (χ0) is 18.7. The number of hydrogen-bond donors (Lipinski definition) is 0. The highest BCUT2D eigenvalue weighted by Crippen LogP contribution is 2.58. The Morgan fingerprint density at radius 3 is 2.11 bits per heavy atom. The molecule has 0 N–H and O–H groups in total. The third-order valence-electron chi connectivity index (χ3n) is 6.12. The Labute approximate surface area is 171 Å². The molecule has 3 nitrogen and oxygen atoms in total. The van der Waals surface area contributed by atoms with Crippen molar-refractivity contribution in [1.82, 2.24) is 0 Å². The van der Waals surface area contributed by atoms with Crippen molar-refractivity contribution >= 4 is 45.7 Å². The lowest BCUT2D eigenvalue weighted by molar-refractivity contribution is -0.122. The van der Waals surface area contributed by atoms with Gasteiger partial charge in [-0.3, -0.25) is 9.59 Å². The lowest BCUT2D eigenvalue weighted by Gasteiger charge is -2.20. The quantitative estimate of drug-likeness (QED) is 0.365. The first kappa shape index (κ1) is 16.9. The SMILES string of the molecule is CC(=C1[C@H]2C=C[C@H]1[C@H]1C(=O)N(c3cccc(I)c3)C(=O)[C@@H]12)c1ccccc1. The van der Waals surface area contributed by atoms with Crippen LogP contribution in [0.1, 0.15) is 12.5 Å². The standard InChI is InChI=1S/C23H18INO2/c1-13(14-6-3-2-4-7-14)19-17-10-11-18(19)21-20(17)22(26)25(23(21)27)16-9-5-8-15(24)12-16/h2-12,17-18,20-21H,1H3/t17-,18-,20-,21-/m1/s1. The van der Waals surface area contributed by atoms with Gasteiger partial charge in [-0.2, -0.15) is 0 Å². The molecule has 134 valence electrons. The molecule has 3 aliphatic rings. The molecular formula is C23H18INO2. The summed E-state index contributed by atoms with van der Waals surface area (Å²) in [4.78, 5) is 27.9. The number of fused-ring (bicyclic) bond motifs is 5. The lowest BCUT2D eigenvalue weighted by Crippen LogP contribution is -2.33. The summed E-state index contributed by atoms with van der Waals surface area (Å²) in [6, 6.07) is 17.9. The highest BCUT2D eigenvalue weighted by molar-refractivity contribution is 14.1. The minimum Gasteiger partial charge on any atom is -0.274 e. The Morgan fingerprint density at radius 2 is 1.52 bits per heavy atom. The first-order chi connectivity index (χ1) is 13.1. The Morgan fingerprint density at radius 1 is 0.889 bits per heavy atom. The van der Waals surface area contributed by atoms with Crippen molar-refractivity contribution in [3.63, 3.8) is 0 Å². The van der Waals surface area contributed by atoms with Gasteiger partial charge in [-0.15, -0.1) is 0 Å². The zero-order valence-electron chi connectivity index (χ0n) is 14.8. The van der Waals surface area contributed by atoms with E-state index in [-0.39, 0.29) is 35.5 Å². The maximum Gasteiger partial charge on any atom is 0.238 e. The van der Waals surface area contributed by atoms with Crippen LogP contribution in [0.3, 0.4) is 0 Å². The van der Waals surface area contributed by atoms with E-state index in [1.54, 1.807) is 0 Å². The summed E-state index contributed by atoms with van der Waals surface area (Å²) in [5.74, 6) is -0.573. The third kappa shape index (κ3) is 2.39. The number of hydrogen-bond acceptors (Lipinski definition) is 2. The highest BCUT2D eigenvalue weighted by atomic mass is 127. The van der Waals surface area contributed by atoms with Crippen molar-refractivity contribution in [2.45, 2.75) is 6.92 Å². The predicted octanol–water partition coefficient (Wildman–Crippen LogP) is 4.69. The first-order valence-corrected chi connectivity index (χ1v) is 10.2. The van der Waals surface area contributed by atoms with Crippen LogP contribution in [0.25, 0.3) is 5.57 Å². The van der Waals surface area contributed by atoms with Gasteiger partial charge in [0, 0.05) is 15.4 Å². The number of carbonyl (C=O) groups excluding carboxylic acids is 2. The van der Waals surface area contributed by atoms with Crippen LogP contribution in [0.4, 0.5) is 5.69 Å². The van der Waals surface area contributed by atoms with Gasteiger partial charge in [0.15, 0.2) is 0 Å². The summed E-state index contributed by atoms with van der Waals surface area (Å²) < 4.78 is 1.02. The molecule has 1 heterocycles. The summed E-state index contributed by atoms with van der Waals surface area (Å²) in [5.41, 5.74) is 4.31. The van der Waals surface area contributed by atoms with Crippen molar-refractivity contribution in [1.29, 1.82) is 0 Å². The molecule has 1 saturated heterocycles. The van der Waals surface area contributed by atoms with Crippen molar-refractivity contribution in [3.8, 4) is 0 Å². The molecule has 0 radical (unpaired) electrons. The van der Waals surface area contributed by atoms with E-state index in [0.717, 1.165) is 3.57 Å². The monoisotopic (exact) mass is 467 g/mol. The van der Waals surface area contributed by atoms with Crippen molar-refractivity contribution in [2.75, 3.05) is 4.90 Å². The van der Waals surface area contributed by atoms with Gasteiger partial charge in [0.25, 0.3) is 0 Å². The first-order valence-electron chi connectivity index (χ1n) is 9.15. The van der Waals surface area contributed by atoms with Gasteiger partial charge in [0.05, 0.1) is 17.5 Å². The topological polar surface area (TPSA) is 37.4 Å². The zero-order valence-corrected chi connectivity index (χ0v) is 17.0. The molecule has 1 aliphatic heterocycles. The van der Waals surface area contributed by atoms with E-state index >= 15 is 0 Å². The minimum absolute atomic E-state index is 0.0319. The molecule has 0 unspecified atom stereocenters. The van der Waals surface area contributed by atoms with E-state index in [2.05, 4.69) is 53.8 Å². The van der Waals surface area contributed by atoms with E-state index < -0.39 is 0 Å². The summed E-state index contributed by atoms with van der Waals surface area (Å²) in [6.45, 7) is 2.12. The molecule has 27 heavy (non-hydrogen) atoms. The Hall–Kier alpha value is -2.21. The minimum atomic E-state index is -0.265. The molecule has 4 heteroatoms. The second-order valence-corrected chi connectivity index (χ2v) is 8.67. The number of halogens is 1. The molecule has 2 amide bonds. The maximum atomic E-state index is 13.2. The van der Waals surface area contributed by atoms with Crippen LogP contribution in [-0.2, 0) is 9.59 Å². The van der Waals surface area contributed by atoms with Crippen LogP contribution in [0.5, 0.6) is 0 Å². The normalized spacial score (nSPS) is 28.2. The van der Waals surface area contributed by atoms with Gasteiger partial charge < -0.3 is 0 Å². The van der Waals surface area contributed by atoms with Crippen molar-refractivity contribution in [2.24, 2.45) is 23.7 Å². The van der Waals surface area contributed by atoms with E-state index in [1.165, 1.54) is 21.6 Å². The fraction of sp³-hybridized carbons (Fsp3) is 0.217. The maximum absolute atomic E-state index is 13.2. The molecule has 4 atom stereocenters. The molecule has 5 rings (SSSR count). The van der Waals surface area contributed by atoms with E-state index in [0.29, 0.717) is 5.69 Å². The second-order valence-electron chi connectivity index (χ2n) is 7.43. The van der Waals surface area contributed by atoms with E-state index in [1.807, 2.05) is 42.5 Å². The number of rotatable bonds is 2. The highest BCUT2D eigenvalue weighted by Gasteiger charge is 2.62. The van der Waals surface area contributed by atoms with Crippen LogP contribution in [0, 0.1) is 27.2 Å². The van der Waals surface area contributed by atoms with Crippen LogP contribution in [0.15, 0.2) is 72.3 Å². The van der Waals surface area contributed by atoms with E-state index in [4.69, 9.17) is 0 Å². The van der Waals surface area contributed by atoms with Gasteiger partial charge in [0.1, 0.15) is 0 Å². The van der Waals surface area contributed by atoms with Crippen LogP contribution < -0.4 is 4.90 Å². The molecular weight excluding hydrogens is 449 g/mol. The van der Waals surface area contributed by atoms with E-state index in [9.17, 15) is 9.59 Å². The molecule has 2 bridgehead atoms. The number of amides is 2. The number of benzene rings is 2. The number of imide groups is 1. The van der Waals surface area contributed by atoms with Gasteiger partial charge >= 0.3 is 0 Å². The Kier molecular flexibility index (Phi) is 3.86. The predicted molar refractivity (Wildman–Crippen MR) is 114 cm³/mol. The number of carbonyl (C=O) groups is 2. The molecule has 0 spiro atoms. The molecule has 1 saturated carbocycles. The second kappa shape index (κ2) is 6.16. The van der Waals surface area contributed by atoms with Crippen molar-refractivity contribution < 1.29 is 9.59 Å². The molecule has 0 aromatic heterocycles. The average molecular weight is 467 g/mol. The number of allylic oxidation sites excluding steroid dienone is 4. The van der Waals surface area contributed by atoms with Gasteiger partial charge in [-0.05, 0) is 58.9 Å². The van der Waals surface area contributed by atoms with Gasteiger partial charge in [-0.1, -0.05) is 54.1 Å². The molecule has 2 aromatic carbocycles. The van der Waals surface area contributed by atoms with Crippen LogP contribution in [-0.4, -0.2) is 11.8 Å². The lowest BCUT2D eigenvalue weighted by atomic mass is 9.85.